The molecule has 0 unspecified atom stereocenters. The second-order valence-electron chi connectivity index (χ2n) is 7.56. The topological polar surface area (TPSA) is 89.9 Å². The molecule has 2 heterocycles. The van der Waals surface area contributed by atoms with Gasteiger partial charge < -0.3 is 18.7 Å². The van der Waals surface area contributed by atoms with Crippen LogP contribution in [0.5, 0.6) is 11.5 Å². The fraction of sp³-hybridized carbons (Fsp3) is 0.0769. The zero-order valence-electron chi connectivity index (χ0n) is 17.4. The van der Waals surface area contributed by atoms with Crippen LogP contribution in [0.4, 0.5) is 4.39 Å². The Morgan fingerprint density at radius 2 is 1.79 bits per heavy atom. The molecule has 0 spiro atoms. The van der Waals surface area contributed by atoms with E-state index in [0.717, 1.165) is 6.07 Å². The molecule has 2 aromatic heterocycles. The molecule has 0 aliphatic heterocycles. The van der Waals surface area contributed by atoms with Crippen LogP contribution in [0.3, 0.4) is 0 Å². The first-order valence-electron chi connectivity index (χ1n) is 10.1. The number of ether oxygens (including phenoxy) is 1. The Balaban J connectivity index is 1.63. The van der Waals surface area contributed by atoms with Crippen LogP contribution in [0.1, 0.15) is 11.1 Å². The number of rotatable bonds is 4. The number of fused-ring (bicyclic) bond motifs is 2. The van der Waals surface area contributed by atoms with Crippen LogP contribution in [0.25, 0.3) is 33.1 Å². The van der Waals surface area contributed by atoms with Gasteiger partial charge in [-0.2, -0.15) is 0 Å². The van der Waals surface area contributed by atoms with Crippen molar-refractivity contribution in [2.45, 2.75) is 6.42 Å². The normalized spacial score (nSPS) is 11.2. The van der Waals surface area contributed by atoms with Crippen LogP contribution in [0, 0.1) is 5.82 Å². The lowest BCUT2D eigenvalue weighted by molar-refractivity contribution is 0.415. The summed E-state index contributed by atoms with van der Waals surface area (Å²) in [5, 5.41) is 11.2. The average molecular weight is 444 g/mol. The molecule has 0 atom stereocenters. The molecular formula is C26H17FO6. The van der Waals surface area contributed by atoms with E-state index < -0.39 is 16.9 Å². The Hall–Kier alpha value is -4.39. The Kier molecular flexibility index (Phi) is 4.94. The summed E-state index contributed by atoms with van der Waals surface area (Å²) in [5.74, 6) is -0.0381. The third kappa shape index (κ3) is 3.63. The van der Waals surface area contributed by atoms with Gasteiger partial charge in [-0.3, -0.25) is 4.79 Å². The van der Waals surface area contributed by atoms with Gasteiger partial charge >= 0.3 is 5.63 Å². The molecule has 0 aliphatic rings. The van der Waals surface area contributed by atoms with Crippen LogP contribution in [-0.4, -0.2) is 12.2 Å². The molecule has 0 amide bonds. The van der Waals surface area contributed by atoms with Crippen LogP contribution in [0.15, 0.2) is 85.4 Å². The molecule has 5 rings (SSSR count). The summed E-state index contributed by atoms with van der Waals surface area (Å²) < 4.78 is 29.9. The first-order chi connectivity index (χ1) is 15.9. The number of phenolic OH excluding ortho intramolecular Hbond substituents is 1. The number of hydrogen-bond acceptors (Lipinski definition) is 6. The van der Waals surface area contributed by atoms with E-state index >= 15 is 0 Å². The summed E-state index contributed by atoms with van der Waals surface area (Å²) >= 11 is 0. The lowest BCUT2D eigenvalue weighted by atomic mass is 9.99. The molecule has 0 saturated heterocycles. The lowest BCUT2D eigenvalue weighted by Gasteiger charge is -2.10. The molecule has 5 aromatic rings. The van der Waals surface area contributed by atoms with Gasteiger partial charge in [-0.1, -0.05) is 12.1 Å². The molecule has 0 bridgehead atoms. The molecule has 6 nitrogen and oxygen atoms in total. The van der Waals surface area contributed by atoms with Crippen molar-refractivity contribution in [3.8, 4) is 22.6 Å². The second-order valence-corrected chi connectivity index (χ2v) is 7.56. The monoisotopic (exact) mass is 444 g/mol. The zero-order valence-corrected chi connectivity index (χ0v) is 17.4. The van der Waals surface area contributed by atoms with E-state index in [1.54, 1.807) is 43.5 Å². The summed E-state index contributed by atoms with van der Waals surface area (Å²) in [7, 11) is 1.56. The maximum atomic E-state index is 13.6. The predicted molar refractivity (Wildman–Crippen MR) is 121 cm³/mol. The van der Waals surface area contributed by atoms with E-state index in [2.05, 4.69) is 0 Å². The minimum Gasteiger partial charge on any atom is -0.508 e. The highest BCUT2D eigenvalue weighted by atomic mass is 19.1. The number of methoxy groups -OCH3 is 1. The number of aromatic hydroxyl groups is 1. The van der Waals surface area contributed by atoms with Crippen LogP contribution in [-0.2, 0) is 6.42 Å². The number of halogens is 1. The van der Waals surface area contributed by atoms with E-state index in [0.29, 0.717) is 22.3 Å². The molecule has 0 saturated carbocycles. The van der Waals surface area contributed by atoms with Crippen LogP contribution < -0.4 is 15.8 Å². The highest BCUT2D eigenvalue weighted by Gasteiger charge is 2.17. The maximum absolute atomic E-state index is 13.6. The summed E-state index contributed by atoms with van der Waals surface area (Å²) in [5.41, 5.74) is 0.850. The van der Waals surface area contributed by atoms with Gasteiger partial charge in [0.2, 0.25) is 0 Å². The van der Waals surface area contributed by atoms with Gasteiger partial charge in [-0.25, -0.2) is 9.18 Å². The van der Waals surface area contributed by atoms with Gasteiger partial charge in [0.05, 0.1) is 24.3 Å². The van der Waals surface area contributed by atoms with Crippen LogP contribution in [0.2, 0.25) is 0 Å². The van der Waals surface area contributed by atoms with E-state index in [1.165, 1.54) is 24.5 Å². The zero-order chi connectivity index (χ0) is 23.1. The van der Waals surface area contributed by atoms with Crippen molar-refractivity contribution in [2.75, 3.05) is 7.11 Å². The third-order valence-corrected chi connectivity index (χ3v) is 5.56. The molecule has 3 aromatic carbocycles. The quantitative estimate of drug-likeness (QED) is 0.392. The fourth-order valence-electron chi connectivity index (χ4n) is 3.83. The first-order valence-corrected chi connectivity index (χ1v) is 10.1. The van der Waals surface area contributed by atoms with Crippen molar-refractivity contribution in [3.63, 3.8) is 0 Å². The van der Waals surface area contributed by atoms with Gasteiger partial charge in [0.1, 0.15) is 28.5 Å². The molecule has 7 heteroatoms. The Morgan fingerprint density at radius 1 is 1.00 bits per heavy atom. The van der Waals surface area contributed by atoms with Gasteiger partial charge in [-0.05, 0) is 54.1 Å². The number of hydrogen-bond donors (Lipinski definition) is 1. The van der Waals surface area contributed by atoms with Crippen molar-refractivity contribution < 1.29 is 23.1 Å². The SMILES string of the molecule is COc1ccc(-c2cc3ccc(O)c(Cc4coc5ccc(F)cc5c4=O)c3oc2=O)cc1. The molecule has 0 aliphatic carbocycles. The van der Waals surface area contributed by atoms with Crippen molar-refractivity contribution in [1.82, 2.24) is 0 Å². The molecule has 1 N–H and O–H groups in total. The highest BCUT2D eigenvalue weighted by Crippen LogP contribution is 2.31. The molecule has 0 radical (unpaired) electrons. The first kappa shape index (κ1) is 20.5. The third-order valence-electron chi connectivity index (χ3n) is 5.56. The average Bonchev–Trinajstić information content (AvgIpc) is 2.82. The van der Waals surface area contributed by atoms with E-state index in [1.807, 2.05) is 0 Å². The van der Waals surface area contributed by atoms with Crippen LogP contribution >= 0.6 is 0 Å². The molecule has 0 fully saturated rings. The van der Waals surface area contributed by atoms with Gasteiger partial charge in [0.25, 0.3) is 0 Å². The Bertz CT molecular complexity index is 1630. The van der Waals surface area contributed by atoms with Gasteiger partial charge in [0.15, 0.2) is 5.43 Å². The Morgan fingerprint density at radius 3 is 2.55 bits per heavy atom. The van der Waals surface area contributed by atoms with Crippen molar-refractivity contribution in [3.05, 3.63) is 105 Å². The minimum atomic E-state index is -0.591. The van der Waals surface area contributed by atoms with Gasteiger partial charge in [0, 0.05) is 22.9 Å². The largest absolute Gasteiger partial charge is 0.508 e. The molecule has 33 heavy (non-hydrogen) atoms. The van der Waals surface area contributed by atoms with Crippen molar-refractivity contribution in [1.29, 1.82) is 0 Å². The smallest absolute Gasteiger partial charge is 0.344 e. The van der Waals surface area contributed by atoms with E-state index in [9.17, 15) is 19.1 Å². The molecule has 164 valence electrons. The maximum Gasteiger partial charge on any atom is 0.344 e. The van der Waals surface area contributed by atoms with E-state index in [-0.39, 0.29) is 39.8 Å². The summed E-state index contributed by atoms with van der Waals surface area (Å²) in [6.45, 7) is 0. The number of benzene rings is 3. The fourth-order valence-corrected chi connectivity index (χ4v) is 3.83. The predicted octanol–water partition coefficient (Wildman–Crippen LogP) is 5.01. The number of phenols is 1. The lowest BCUT2D eigenvalue weighted by Crippen LogP contribution is -2.10. The second kappa shape index (κ2) is 7.94. The highest BCUT2D eigenvalue weighted by molar-refractivity contribution is 5.86. The van der Waals surface area contributed by atoms with E-state index in [4.69, 9.17) is 13.6 Å². The summed E-state index contributed by atoms with van der Waals surface area (Å²) in [4.78, 5) is 25.7. The summed E-state index contributed by atoms with van der Waals surface area (Å²) in [6, 6.07) is 15.4. The van der Waals surface area contributed by atoms with Crippen molar-refractivity contribution >= 4 is 21.9 Å². The standard InChI is InChI=1S/C26H17FO6/c1-31-18-6-2-14(3-7-18)19-10-15-4-8-22(28)20(25(15)33-26(19)30)11-16-13-32-23-9-5-17(27)12-21(23)24(16)29/h2-10,12-13,28H,11H2,1H3. The van der Waals surface area contributed by atoms with Crippen molar-refractivity contribution in [2.24, 2.45) is 0 Å². The minimum absolute atomic E-state index is 0.0667. The summed E-state index contributed by atoms with van der Waals surface area (Å²) in [6.07, 6.45) is 1.20. The Labute approximate surface area is 186 Å². The van der Waals surface area contributed by atoms with Gasteiger partial charge in [-0.15, -0.1) is 0 Å². The molecular weight excluding hydrogens is 427 g/mol.